The Morgan fingerprint density at radius 3 is 2.62 bits per heavy atom. The quantitative estimate of drug-likeness (QED) is 0.585. The van der Waals surface area contributed by atoms with Crippen molar-refractivity contribution in [1.29, 1.82) is 0 Å². The lowest BCUT2D eigenvalue weighted by Gasteiger charge is -2.11. The van der Waals surface area contributed by atoms with Crippen LogP contribution in [0.4, 0.5) is 0 Å². The van der Waals surface area contributed by atoms with Crippen molar-refractivity contribution in [3.8, 4) is 11.5 Å². The molecular formula is C14H18N2O5. The van der Waals surface area contributed by atoms with E-state index < -0.39 is 12.6 Å². The maximum Gasteiger partial charge on any atom is 0.341 e. The number of carboxylic acid groups (broad SMARTS) is 1. The van der Waals surface area contributed by atoms with E-state index in [9.17, 15) is 9.59 Å². The fourth-order valence-electron chi connectivity index (χ4n) is 1.44. The van der Waals surface area contributed by atoms with Crippen LogP contribution in [0, 0.1) is 0 Å². The summed E-state index contributed by atoms with van der Waals surface area (Å²) in [5, 5.41) is 12.6. The zero-order chi connectivity index (χ0) is 15.8. The lowest BCUT2D eigenvalue weighted by atomic mass is 10.1. The molecule has 21 heavy (non-hydrogen) atoms. The van der Waals surface area contributed by atoms with Crippen LogP contribution in [0.2, 0.25) is 0 Å². The fraction of sp³-hybridized carbons (Fsp3) is 0.357. The number of benzene rings is 1. The van der Waals surface area contributed by atoms with E-state index in [4.69, 9.17) is 14.6 Å². The van der Waals surface area contributed by atoms with E-state index in [0.717, 1.165) is 5.56 Å². The van der Waals surface area contributed by atoms with Gasteiger partial charge in [-0.05, 0) is 25.1 Å². The molecule has 0 bridgehead atoms. The minimum atomic E-state index is -1.07. The molecule has 0 aliphatic rings. The molecule has 1 amide bonds. The number of rotatable bonds is 7. The summed E-state index contributed by atoms with van der Waals surface area (Å²) in [5.74, 6) is -0.525. The van der Waals surface area contributed by atoms with Crippen LogP contribution in [0.1, 0.15) is 25.8 Å². The second-order valence-electron chi connectivity index (χ2n) is 4.13. The van der Waals surface area contributed by atoms with Crippen LogP contribution in [-0.4, -0.2) is 36.4 Å². The first-order valence-electron chi connectivity index (χ1n) is 6.34. The van der Waals surface area contributed by atoms with Gasteiger partial charge in [-0.2, -0.15) is 5.10 Å². The molecule has 0 saturated heterocycles. The Balaban J connectivity index is 2.90. The molecule has 0 saturated carbocycles. The number of aliphatic carboxylic acids is 1. The lowest BCUT2D eigenvalue weighted by Crippen LogP contribution is -2.17. The summed E-state index contributed by atoms with van der Waals surface area (Å²) in [5.41, 5.74) is 3.75. The van der Waals surface area contributed by atoms with Gasteiger partial charge >= 0.3 is 5.97 Å². The van der Waals surface area contributed by atoms with E-state index >= 15 is 0 Å². The summed E-state index contributed by atoms with van der Waals surface area (Å²) in [7, 11) is 1.46. The van der Waals surface area contributed by atoms with Gasteiger partial charge in [0.05, 0.1) is 12.8 Å². The van der Waals surface area contributed by atoms with E-state index in [1.807, 2.05) is 0 Å². The van der Waals surface area contributed by atoms with Gasteiger partial charge < -0.3 is 14.6 Å². The maximum atomic E-state index is 11.2. The second kappa shape index (κ2) is 7.88. The summed E-state index contributed by atoms with van der Waals surface area (Å²) in [6, 6.07) is 4.96. The summed E-state index contributed by atoms with van der Waals surface area (Å²) >= 11 is 0. The van der Waals surface area contributed by atoms with Crippen molar-refractivity contribution in [3.05, 3.63) is 23.8 Å². The zero-order valence-electron chi connectivity index (χ0n) is 12.2. The van der Waals surface area contributed by atoms with Gasteiger partial charge in [0.15, 0.2) is 18.1 Å². The number of methoxy groups -OCH3 is 1. The third-order valence-corrected chi connectivity index (χ3v) is 2.60. The molecule has 0 radical (unpaired) electrons. The Morgan fingerprint density at radius 1 is 1.33 bits per heavy atom. The molecule has 7 nitrogen and oxygen atoms in total. The highest BCUT2D eigenvalue weighted by Crippen LogP contribution is 2.28. The second-order valence-corrected chi connectivity index (χ2v) is 4.13. The molecule has 1 aromatic carbocycles. The third kappa shape index (κ3) is 5.13. The number of carbonyl (C=O) groups is 2. The molecule has 0 spiro atoms. The third-order valence-electron chi connectivity index (χ3n) is 2.60. The van der Waals surface area contributed by atoms with Crippen LogP contribution in [0.3, 0.4) is 0 Å². The van der Waals surface area contributed by atoms with Gasteiger partial charge in [0.2, 0.25) is 5.91 Å². The number of hydrazone groups is 1. The number of hydrogen-bond acceptors (Lipinski definition) is 5. The molecule has 0 aromatic heterocycles. The Morgan fingerprint density at radius 2 is 2.05 bits per heavy atom. The summed E-state index contributed by atoms with van der Waals surface area (Å²) in [6.07, 6.45) is 0.349. The Hall–Kier alpha value is -2.57. The van der Waals surface area contributed by atoms with Crippen molar-refractivity contribution in [2.24, 2.45) is 5.10 Å². The van der Waals surface area contributed by atoms with Crippen molar-refractivity contribution >= 4 is 17.6 Å². The zero-order valence-corrected chi connectivity index (χ0v) is 12.2. The van der Waals surface area contributed by atoms with Crippen molar-refractivity contribution < 1.29 is 24.2 Å². The van der Waals surface area contributed by atoms with Crippen LogP contribution >= 0.6 is 0 Å². The number of nitrogens with zero attached hydrogens (tertiary/aromatic N) is 1. The van der Waals surface area contributed by atoms with Gasteiger partial charge in [0.1, 0.15) is 0 Å². The van der Waals surface area contributed by atoms with Crippen molar-refractivity contribution in [2.75, 3.05) is 13.7 Å². The van der Waals surface area contributed by atoms with Gasteiger partial charge in [0.25, 0.3) is 0 Å². The van der Waals surface area contributed by atoms with Gasteiger partial charge in [-0.1, -0.05) is 6.92 Å². The topological polar surface area (TPSA) is 97.2 Å². The highest BCUT2D eigenvalue weighted by Gasteiger charge is 2.09. The number of amides is 1. The van der Waals surface area contributed by atoms with Crippen LogP contribution in [0.25, 0.3) is 0 Å². The summed E-state index contributed by atoms with van der Waals surface area (Å²) in [4.78, 5) is 21.7. The molecule has 0 atom stereocenters. The van der Waals surface area contributed by atoms with Crippen LogP contribution in [0.5, 0.6) is 11.5 Å². The van der Waals surface area contributed by atoms with Gasteiger partial charge in [-0.15, -0.1) is 0 Å². The predicted molar refractivity (Wildman–Crippen MR) is 76.8 cm³/mol. The van der Waals surface area contributed by atoms with E-state index in [0.29, 0.717) is 23.6 Å². The highest BCUT2D eigenvalue weighted by atomic mass is 16.5. The first-order chi connectivity index (χ1) is 9.97. The molecule has 0 heterocycles. The van der Waals surface area contributed by atoms with E-state index in [1.165, 1.54) is 7.11 Å². The fourth-order valence-corrected chi connectivity index (χ4v) is 1.44. The average Bonchev–Trinajstić information content (AvgIpc) is 2.49. The molecule has 1 aromatic rings. The molecule has 0 aliphatic carbocycles. The maximum absolute atomic E-state index is 11.2. The summed E-state index contributed by atoms with van der Waals surface area (Å²) in [6.45, 7) is 3.02. The molecule has 0 unspecified atom stereocenters. The Bertz CT molecular complexity index is 554. The van der Waals surface area contributed by atoms with Crippen molar-refractivity contribution in [2.45, 2.75) is 20.3 Å². The summed E-state index contributed by atoms with van der Waals surface area (Å²) < 4.78 is 10.3. The molecule has 0 fully saturated rings. The SMILES string of the molecule is CCC(=O)NN=C(C)c1ccc(OCC(=O)O)c(OC)c1. The number of carbonyl (C=O) groups excluding carboxylic acids is 1. The van der Waals surface area contributed by atoms with Crippen LogP contribution in [-0.2, 0) is 9.59 Å². The number of hydrogen-bond donors (Lipinski definition) is 2. The molecule has 2 N–H and O–H groups in total. The number of nitrogens with one attached hydrogen (secondary N) is 1. The molecule has 114 valence electrons. The van der Waals surface area contributed by atoms with Crippen molar-refractivity contribution in [3.63, 3.8) is 0 Å². The first kappa shape index (κ1) is 16.5. The average molecular weight is 294 g/mol. The predicted octanol–water partition coefficient (Wildman–Crippen LogP) is 1.41. The largest absolute Gasteiger partial charge is 0.493 e. The van der Waals surface area contributed by atoms with Gasteiger partial charge in [0, 0.05) is 12.0 Å². The number of carboxylic acids is 1. The monoisotopic (exact) mass is 294 g/mol. The minimum absolute atomic E-state index is 0.178. The van der Waals surface area contributed by atoms with E-state index in [-0.39, 0.29) is 5.91 Å². The van der Waals surface area contributed by atoms with Gasteiger partial charge in [-0.25, -0.2) is 10.2 Å². The highest BCUT2D eigenvalue weighted by molar-refractivity contribution is 5.99. The first-order valence-corrected chi connectivity index (χ1v) is 6.34. The molecule has 1 rings (SSSR count). The van der Waals surface area contributed by atoms with E-state index in [2.05, 4.69) is 10.5 Å². The molecule has 7 heteroatoms. The van der Waals surface area contributed by atoms with Crippen LogP contribution < -0.4 is 14.9 Å². The lowest BCUT2D eigenvalue weighted by molar-refractivity contribution is -0.139. The minimum Gasteiger partial charge on any atom is -0.493 e. The van der Waals surface area contributed by atoms with E-state index in [1.54, 1.807) is 32.0 Å². The molecule has 0 aliphatic heterocycles. The Labute approximate surface area is 122 Å². The molecular weight excluding hydrogens is 276 g/mol. The van der Waals surface area contributed by atoms with Crippen molar-refractivity contribution in [1.82, 2.24) is 5.43 Å². The standard InChI is InChI=1S/C14H18N2O5/c1-4-13(17)16-15-9(2)10-5-6-11(12(7-10)20-3)21-8-14(18)19/h5-7H,4,8H2,1-3H3,(H,16,17)(H,18,19). The number of ether oxygens (including phenoxy) is 2. The van der Waals surface area contributed by atoms with Gasteiger partial charge in [-0.3, -0.25) is 4.79 Å². The Kier molecular flexibility index (Phi) is 6.19. The van der Waals surface area contributed by atoms with Crippen LogP contribution in [0.15, 0.2) is 23.3 Å². The normalized spacial score (nSPS) is 10.9. The smallest absolute Gasteiger partial charge is 0.341 e.